The van der Waals surface area contributed by atoms with Gasteiger partial charge in [0.05, 0.1) is 29.0 Å². The van der Waals surface area contributed by atoms with Crippen LogP contribution in [-0.4, -0.2) is 20.6 Å². The van der Waals surface area contributed by atoms with Gasteiger partial charge in [-0.1, -0.05) is 38.5 Å². The van der Waals surface area contributed by atoms with Crippen LogP contribution in [0.2, 0.25) is 0 Å². The number of esters is 1. The maximum Gasteiger partial charge on any atom is 0.340 e. The molecule has 0 saturated carbocycles. The highest BCUT2D eigenvalue weighted by molar-refractivity contribution is 5.84. The highest BCUT2D eigenvalue weighted by Crippen LogP contribution is 2.34. The van der Waals surface area contributed by atoms with Crippen LogP contribution in [0, 0.1) is 0 Å². The molecule has 0 amide bonds. The predicted molar refractivity (Wildman–Crippen MR) is 101 cm³/mol. The number of pyridine rings is 2. The van der Waals surface area contributed by atoms with E-state index in [9.17, 15) is 14.7 Å². The summed E-state index contributed by atoms with van der Waals surface area (Å²) in [5.74, 6) is -0.725. The molecule has 3 aromatic rings. The number of hydrogen-bond acceptors (Lipinski definition) is 5. The Morgan fingerprint density at radius 3 is 2.74 bits per heavy atom. The molecule has 4 heterocycles. The van der Waals surface area contributed by atoms with Crippen molar-refractivity contribution in [3.05, 3.63) is 63.4 Å². The first-order valence-corrected chi connectivity index (χ1v) is 9.05. The van der Waals surface area contributed by atoms with Crippen molar-refractivity contribution < 1.29 is 14.6 Å². The predicted octanol–water partition coefficient (Wildman–Crippen LogP) is 2.93. The number of para-hydroxylation sites is 1. The van der Waals surface area contributed by atoms with Gasteiger partial charge >= 0.3 is 5.97 Å². The number of benzene rings is 1. The van der Waals surface area contributed by atoms with Crippen LogP contribution in [0.1, 0.15) is 43.1 Å². The number of carbonyl (C=O) groups excluding carboxylic acids is 1. The molecule has 0 saturated heterocycles. The van der Waals surface area contributed by atoms with Gasteiger partial charge in [-0.2, -0.15) is 0 Å². The number of hydrogen-bond donors (Lipinski definition) is 1. The van der Waals surface area contributed by atoms with Crippen molar-refractivity contribution in [2.45, 2.75) is 39.5 Å². The number of fused-ring (bicyclic) bond motifs is 5. The molecule has 1 atom stereocenters. The molecule has 0 unspecified atom stereocenters. The average molecular weight is 364 g/mol. The zero-order chi connectivity index (χ0) is 19.1. The quantitative estimate of drug-likeness (QED) is 0.485. The zero-order valence-electron chi connectivity index (χ0n) is 15.2. The summed E-state index contributed by atoms with van der Waals surface area (Å²) >= 11 is 0. The Morgan fingerprint density at radius 1 is 1.22 bits per heavy atom. The van der Waals surface area contributed by atoms with E-state index in [2.05, 4.69) is 18.8 Å². The third-order valence-corrected chi connectivity index (χ3v) is 4.69. The van der Waals surface area contributed by atoms with Crippen LogP contribution in [0.3, 0.4) is 0 Å². The van der Waals surface area contributed by atoms with Crippen LogP contribution in [-0.2, 0) is 22.7 Å². The number of cyclic esters (lactones) is 1. The minimum absolute atomic E-state index is 0.101. The van der Waals surface area contributed by atoms with Gasteiger partial charge in [0, 0.05) is 16.5 Å². The molecule has 0 fully saturated rings. The first kappa shape index (κ1) is 17.4. The molecular weight excluding hydrogens is 344 g/mol. The molecule has 2 aromatic heterocycles. The lowest BCUT2D eigenvalue weighted by molar-refractivity contribution is -0.157. The van der Waals surface area contributed by atoms with Gasteiger partial charge in [-0.15, -0.1) is 0 Å². The number of aromatic nitrogens is 2. The molecule has 2 aliphatic heterocycles. The molecular formula is C21H20N2O4. The van der Waals surface area contributed by atoms with Gasteiger partial charge in [-0.25, -0.2) is 9.78 Å². The third kappa shape index (κ3) is 2.73. The summed E-state index contributed by atoms with van der Waals surface area (Å²) in [5.41, 5.74) is 3.57. The molecule has 6 nitrogen and oxygen atoms in total. The van der Waals surface area contributed by atoms with Gasteiger partial charge in [-0.3, -0.25) is 4.79 Å². The maximum absolute atomic E-state index is 12.8. The summed E-state index contributed by atoms with van der Waals surface area (Å²) in [5, 5.41) is 11.1. The van der Waals surface area contributed by atoms with E-state index in [0.29, 0.717) is 23.4 Å². The van der Waals surface area contributed by atoms with Crippen LogP contribution in [0.25, 0.3) is 22.3 Å². The third-order valence-electron chi connectivity index (χ3n) is 4.69. The minimum atomic E-state index is -1.42. The first-order valence-electron chi connectivity index (χ1n) is 9.05. The Morgan fingerprint density at radius 2 is 1.96 bits per heavy atom. The summed E-state index contributed by atoms with van der Waals surface area (Å²) in [6.07, 6.45) is -0.170. The molecule has 6 heteroatoms. The van der Waals surface area contributed by atoms with Gasteiger partial charge in [0.1, 0.15) is 6.61 Å². The first-order chi connectivity index (χ1) is 13.0. The Balaban J connectivity index is 0.000000565. The maximum atomic E-state index is 12.8. The number of carbonyl (C=O) groups is 1. The van der Waals surface area contributed by atoms with Gasteiger partial charge in [0.15, 0.2) is 6.10 Å². The Kier molecular flexibility index (Phi) is 4.28. The number of ether oxygens (including phenoxy) is 1. The molecule has 138 valence electrons. The fourth-order valence-electron chi connectivity index (χ4n) is 3.47. The molecule has 1 aromatic carbocycles. The van der Waals surface area contributed by atoms with E-state index in [1.54, 1.807) is 10.6 Å². The molecule has 0 radical (unpaired) electrons. The molecule has 1 N–H and O–H groups in total. The summed E-state index contributed by atoms with van der Waals surface area (Å²) < 4.78 is 6.51. The van der Waals surface area contributed by atoms with Crippen LogP contribution >= 0.6 is 0 Å². The molecule has 0 bridgehead atoms. The van der Waals surface area contributed by atoms with Gasteiger partial charge in [-0.05, 0) is 18.2 Å². The highest BCUT2D eigenvalue weighted by atomic mass is 16.5. The van der Waals surface area contributed by atoms with E-state index in [1.807, 2.05) is 30.3 Å². The lowest BCUT2D eigenvalue weighted by atomic mass is 10.0. The molecule has 0 aliphatic carbocycles. The van der Waals surface area contributed by atoms with Crippen molar-refractivity contribution in [3.63, 3.8) is 0 Å². The van der Waals surface area contributed by atoms with Gasteiger partial charge in [0.2, 0.25) is 0 Å². The second-order valence-corrected chi connectivity index (χ2v) is 6.76. The number of rotatable bonds is 0. The van der Waals surface area contributed by atoms with Crippen molar-refractivity contribution in [1.82, 2.24) is 9.55 Å². The SMILES string of the molecule is CCC.O=C1OCc2c(cc3n(c2=O)Cc2cc4ccccc4nc2-3)[C@@H]1O. The summed E-state index contributed by atoms with van der Waals surface area (Å²) in [7, 11) is 0. The van der Waals surface area contributed by atoms with E-state index >= 15 is 0 Å². The molecule has 2 aliphatic rings. The summed E-state index contributed by atoms with van der Waals surface area (Å²) in [4.78, 5) is 29.0. The van der Waals surface area contributed by atoms with Crippen molar-refractivity contribution in [2.24, 2.45) is 0 Å². The molecule has 27 heavy (non-hydrogen) atoms. The van der Waals surface area contributed by atoms with Crippen molar-refractivity contribution in [1.29, 1.82) is 0 Å². The Bertz CT molecular complexity index is 1120. The standard InChI is InChI=1S/C18H12N2O4.C3H8/c21-16-11-6-14-15-10(5-9-3-1-2-4-13(9)19-15)7-20(14)17(22)12(11)8-24-18(16)23;1-3-2/h1-6,16,21H,7-8H2;3H2,1-2H3/t16-;/m0./s1. The highest BCUT2D eigenvalue weighted by Gasteiger charge is 2.33. The van der Waals surface area contributed by atoms with E-state index in [4.69, 9.17) is 4.74 Å². The lowest BCUT2D eigenvalue weighted by Gasteiger charge is -2.21. The lowest BCUT2D eigenvalue weighted by Crippen LogP contribution is -2.32. The van der Waals surface area contributed by atoms with Crippen molar-refractivity contribution in [2.75, 3.05) is 0 Å². The van der Waals surface area contributed by atoms with E-state index < -0.39 is 12.1 Å². The van der Waals surface area contributed by atoms with Crippen LogP contribution in [0.5, 0.6) is 0 Å². The average Bonchev–Trinajstić information content (AvgIpc) is 3.02. The smallest absolute Gasteiger partial charge is 0.340 e. The Labute approximate surface area is 156 Å². The largest absolute Gasteiger partial charge is 0.458 e. The number of aliphatic hydroxyl groups is 1. The fraction of sp³-hybridized carbons (Fsp3) is 0.286. The van der Waals surface area contributed by atoms with E-state index in [1.165, 1.54) is 6.42 Å². The second-order valence-electron chi connectivity index (χ2n) is 6.76. The monoisotopic (exact) mass is 364 g/mol. The second kappa shape index (κ2) is 6.63. The normalized spacial score (nSPS) is 16.7. The van der Waals surface area contributed by atoms with Gasteiger partial charge < -0.3 is 14.4 Å². The van der Waals surface area contributed by atoms with E-state index in [0.717, 1.165) is 22.2 Å². The van der Waals surface area contributed by atoms with E-state index in [-0.39, 0.29) is 12.2 Å². The summed E-state index contributed by atoms with van der Waals surface area (Å²) in [6, 6.07) is 11.5. The summed E-state index contributed by atoms with van der Waals surface area (Å²) in [6.45, 7) is 4.58. The topological polar surface area (TPSA) is 81.4 Å². The van der Waals surface area contributed by atoms with Crippen molar-refractivity contribution >= 4 is 16.9 Å². The molecule has 0 spiro atoms. The zero-order valence-corrected chi connectivity index (χ0v) is 15.2. The van der Waals surface area contributed by atoms with Gasteiger partial charge in [0.25, 0.3) is 5.56 Å². The van der Waals surface area contributed by atoms with Crippen LogP contribution in [0.15, 0.2) is 41.2 Å². The van der Waals surface area contributed by atoms with Crippen LogP contribution in [0.4, 0.5) is 0 Å². The number of aliphatic hydroxyl groups excluding tert-OH is 1. The minimum Gasteiger partial charge on any atom is -0.458 e. The van der Waals surface area contributed by atoms with Crippen molar-refractivity contribution in [3.8, 4) is 11.4 Å². The Hall–Kier alpha value is -2.99. The van der Waals surface area contributed by atoms with Crippen LogP contribution < -0.4 is 5.56 Å². The molecule has 5 rings (SSSR count). The number of nitrogens with zero attached hydrogens (tertiary/aromatic N) is 2. The fourth-order valence-corrected chi connectivity index (χ4v) is 3.47.